The maximum Gasteiger partial charge on any atom is 0.347 e. The molecule has 2 N–H and O–H groups in total. The third kappa shape index (κ3) is 3.55. The molecule has 1 unspecified atom stereocenters. The number of aromatic carboxylic acids is 1. The van der Waals surface area contributed by atoms with Gasteiger partial charge in [0.05, 0.1) is 12.7 Å². The van der Waals surface area contributed by atoms with Gasteiger partial charge in [0.2, 0.25) is 10.0 Å². The Bertz CT molecular complexity index is 580. The quantitative estimate of drug-likeness (QED) is 0.752. The lowest BCUT2D eigenvalue weighted by Gasteiger charge is -2.20. The molecular formula is C11H17NO6S2. The van der Waals surface area contributed by atoms with Crippen molar-refractivity contribution in [3.8, 4) is 0 Å². The summed E-state index contributed by atoms with van der Waals surface area (Å²) in [5, 5.41) is 20.1. The molecule has 0 aromatic carbocycles. The number of rotatable bonds is 7. The molecule has 1 rings (SSSR count). The van der Waals surface area contributed by atoms with E-state index in [4.69, 9.17) is 9.84 Å². The van der Waals surface area contributed by atoms with E-state index in [-0.39, 0.29) is 22.9 Å². The molecular weight excluding hydrogens is 306 g/mol. The number of methoxy groups -OCH3 is 1. The van der Waals surface area contributed by atoms with Crippen molar-refractivity contribution in [1.29, 1.82) is 0 Å². The topological polar surface area (TPSA) is 104 Å². The van der Waals surface area contributed by atoms with Crippen molar-refractivity contribution in [3.05, 3.63) is 15.8 Å². The standard InChI is InChI=1S/C11H17NO6S2/c1-7-6-19-9(11(14)15)10(7)20(16,17)12(2)4-8(13)5-18-3/h6,8,13H,4-5H2,1-3H3,(H,14,15). The monoisotopic (exact) mass is 323 g/mol. The highest BCUT2D eigenvalue weighted by Gasteiger charge is 2.31. The molecule has 0 bridgehead atoms. The summed E-state index contributed by atoms with van der Waals surface area (Å²) in [7, 11) is -1.29. The number of carboxylic acids is 1. The van der Waals surface area contributed by atoms with E-state index in [0.717, 1.165) is 15.6 Å². The Balaban J connectivity index is 3.11. The van der Waals surface area contributed by atoms with Crippen LogP contribution >= 0.6 is 11.3 Å². The number of aryl methyl sites for hydroxylation is 1. The highest BCUT2D eigenvalue weighted by molar-refractivity contribution is 7.89. The predicted octanol–water partition coefficient (Wildman–Crippen LogP) is 0.383. The lowest BCUT2D eigenvalue weighted by molar-refractivity contribution is 0.0554. The molecule has 1 aromatic heterocycles. The van der Waals surface area contributed by atoms with E-state index < -0.39 is 22.1 Å². The van der Waals surface area contributed by atoms with Crippen LogP contribution in [0.1, 0.15) is 15.2 Å². The van der Waals surface area contributed by atoms with Crippen LogP contribution in [-0.4, -0.2) is 62.3 Å². The molecule has 0 spiro atoms. The number of likely N-dealkylation sites (N-methyl/N-ethyl adjacent to an activating group) is 1. The van der Waals surface area contributed by atoms with Crippen molar-refractivity contribution in [2.24, 2.45) is 0 Å². The number of hydrogen-bond donors (Lipinski definition) is 2. The molecule has 0 aliphatic heterocycles. The number of thiophene rings is 1. The SMILES string of the molecule is COCC(O)CN(C)S(=O)(=O)c1c(C)csc1C(=O)O. The fourth-order valence-corrected chi connectivity index (χ4v) is 4.48. The van der Waals surface area contributed by atoms with Gasteiger partial charge in [-0.25, -0.2) is 13.2 Å². The van der Waals surface area contributed by atoms with Crippen LogP contribution in [0.15, 0.2) is 10.3 Å². The molecule has 1 atom stereocenters. The number of aliphatic hydroxyl groups is 1. The largest absolute Gasteiger partial charge is 0.477 e. The van der Waals surface area contributed by atoms with Crippen molar-refractivity contribution in [3.63, 3.8) is 0 Å². The van der Waals surface area contributed by atoms with Gasteiger partial charge in [0.1, 0.15) is 9.77 Å². The molecule has 9 heteroatoms. The van der Waals surface area contributed by atoms with E-state index in [9.17, 15) is 18.3 Å². The number of aliphatic hydroxyl groups excluding tert-OH is 1. The molecule has 0 radical (unpaired) electrons. The molecule has 1 heterocycles. The first kappa shape index (κ1) is 17.1. The average molecular weight is 323 g/mol. The summed E-state index contributed by atoms with van der Waals surface area (Å²) >= 11 is 0.865. The second kappa shape index (κ2) is 6.64. The van der Waals surface area contributed by atoms with Gasteiger partial charge < -0.3 is 14.9 Å². The summed E-state index contributed by atoms with van der Waals surface area (Å²) in [4.78, 5) is 10.6. The van der Waals surface area contributed by atoms with Crippen LogP contribution in [0.5, 0.6) is 0 Å². The lowest BCUT2D eigenvalue weighted by atomic mass is 10.3. The Kier molecular flexibility index (Phi) is 5.66. The van der Waals surface area contributed by atoms with E-state index in [1.807, 2.05) is 0 Å². The molecule has 7 nitrogen and oxygen atoms in total. The van der Waals surface area contributed by atoms with Gasteiger partial charge in [-0.15, -0.1) is 11.3 Å². The average Bonchev–Trinajstić information content (AvgIpc) is 2.71. The van der Waals surface area contributed by atoms with E-state index in [2.05, 4.69) is 0 Å². The molecule has 0 saturated heterocycles. The zero-order valence-corrected chi connectivity index (χ0v) is 13.0. The molecule has 0 fully saturated rings. The summed E-state index contributed by atoms with van der Waals surface area (Å²) in [5.74, 6) is -1.28. The summed E-state index contributed by atoms with van der Waals surface area (Å²) in [5.41, 5.74) is 0.375. The van der Waals surface area contributed by atoms with E-state index in [1.165, 1.54) is 26.5 Å². The molecule has 0 saturated carbocycles. The zero-order valence-electron chi connectivity index (χ0n) is 11.4. The number of nitrogens with zero attached hydrogens (tertiary/aromatic N) is 1. The smallest absolute Gasteiger partial charge is 0.347 e. The lowest BCUT2D eigenvalue weighted by Crippen LogP contribution is -2.36. The Morgan fingerprint density at radius 3 is 2.65 bits per heavy atom. The first-order chi connectivity index (χ1) is 9.21. The fourth-order valence-electron chi connectivity index (χ4n) is 1.70. The molecule has 114 valence electrons. The van der Waals surface area contributed by atoms with Crippen LogP contribution in [0.2, 0.25) is 0 Å². The Morgan fingerprint density at radius 2 is 2.15 bits per heavy atom. The number of carboxylic acid groups (broad SMARTS) is 1. The number of carbonyl (C=O) groups is 1. The molecule has 20 heavy (non-hydrogen) atoms. The number of hydrogen-bond acceptors (Lipinski definition) is 6. The Labute approximate surface area is 121 Å². The summed E-state index contributed by atoms with van der Waals surface area (Å²) < 4.78 is 30.5. The molecule has 0 aliphatic carbocycles. The predicted molar refractivity (Wildman–Crippen MR) is 73.7 cm³/mol. The van der Waals surface area contributed by atoms with Crippen molar-refractivity contribution in [2.75, 3.05) is 27.3 Å². The second-order valence-corrected chi connectivity index (χ2v) is 7.14. The maximum absolute atomic E-state index is 12.4. The van der Waals surface area contributed by atoms with Gasteiger partial charge in [0.25, 0.3) is 0 Å². The van der Waals surface area contributed by atoms with Gasteiger partial charge in [-0.3, -0.25) is 0 Å². The highest BCUT2D eigenvalue weighted by atomic mass is 32.2. The van der Waals surface area contributed by atoms with Crippen LogP contribution in [0, 0.1) is 6.92 Å². The van der Waals surface area contributed by atoms with Gasteiger partial charge >= 0.3 is 5.97 Å². The Morgan fingerprint density at radius 1 is 1.55 bits per heavy atom. The van der Waals surface area contributed by atoms with Crippen LogP contribution in [0.3, 0.4) is 0 Å². The first-order valence-electron chi connectivity index (χ1n) is 5.66. The van der Waals surface area contributed by atoms with E-state index in [1.54, 1.807) is 0 Å². The van der Waals surface area contributed by atoms with Gasteiger partial charge in [0.15, 0.2) is 0 Å². The third-order valence-corrected chi connectivity index (χ3v) is 5.83. The number of ether oxygens (including phenoxy) is 1. The zero-order chi connectivity index (χ0) is 15.5. The van der Waals surface area contributed by atoms with E-state index >= 15 is 0 Å². The van der Waals surface area contributed by atoms with Crippen molar-refractivity contribution in [2.45, 2.75) is 17.9 Å². The highest BCUT2D eigenvalue weighted by Crippen LogP contribution is 2.29. The minimum atomic E-state index is -3.97. The van der Waals surface area contributed by atoms with Gasteiger partial charge in [-0.1, -0.05) is 0 Å². The van der Waals surface area contributed by atoms with Gasteiger partial charge in [-0.05, 0) is 17.9 Å². The second-order valence-electron chi connectivity index (χ2n) is 4.28. The minimum Gasteiger partial charge on any atom is -0.477 e. The number of sulfonamides is 1. The molecule has 1 aromatic rings. The van der Waals surface area contributed by atoms with Crippen LogP contribution in [0.25, 0.3) is 0 Å². The van der Waals surface area contributed by atoms with Crippen LogP contribution in [0.4, 0.5) is 0 Å². The normalized spacial score (nSPS) is 13.7. The maximum atomic E-state index is 12.4. The first-order valence-corrected chi connectivity index (χ1v) is 7.98. The third-order valence-electron chi connectivity index (χ3n) is 2.61. The summed E-state index contributed by atoms with van der Waals surface area (Å²) in [6.45, 7) is 1.36. The van der Waals surface area contributed by atoms with E-state index in [0.29, 0.717) is 5.56 Å². The van der Waals surface area contributed by atoms with Crippen molar-refractivity contribution < 1.29 is 28.2 Å². The van der Waals surface area contributed by atoms with Crippen molar-refractivity contribution >= 4 is 27.3 Å². The molecule has 0 amide bonds. The van der Waals surface area contributed by atoms with Crippen molar-refractivity contribution in [1.82, 2.24) is 4.31 Å². The van der Waals surface area contributed by atoms with Crippen LogP contribution in [-0.2, 0) is 14.8 Å². The van der Waals surface area contributed by atoms with Gasteiger partial charge in [-0.2, -0.15) is 4.31 Å². The summed E-state index contributed by atoms with van der Waals surface area (Å²) in [6.07, 6.45) is -0.980. The summed E-state index contributed by atoms with van der Waals surface area (Å²) in [6, 6.07) is 0. The minimum absolute atomic E-state index is 0.00569. The van der Waals surface area contributed by atoms with Gasteiger partial charge in [0, 0.05) is 20.7 Å². The Hall–Kier alpha value is -1.00. The molecule has 0 aliphatic rings. The van der Waals surface area contributed by atoms with Crippen LogP contribution < -0.4 is 0 Å². The fraction of sp³-hybridized carbons (Fsp3) is 0.545.